The summed E-state index contributed by atoms with van der Waals surface area (Å²) in [6.07, 6.45) is 33.0. The fourth-order valence-electron chi connectivity index (χ4n) is 8.90. The highest BCUT2D eigenvalue weighted by atomic mass is 14.9. The Bertz CT molecular complexity index is 742. The van der Waals surface area contributed by atoms with E-state index in [2.05, 4.69) is 23.5 Å². The van der Waals surface area contributed by atoms with E-state index < -0.39 is 0 Å². The average molecular weight is 434 g/mol. The SMILES string of the molecule is C1=CC2CCC(C3CCC(C4=CC5=C(CCCC5)NC4)CC3)CC2CC1C1CCCCC1. The lowest BCUT2D eigenvalue weighted by Gasteiger charge is -2.45. The van der Waals surface area contributed by atoms with Gasteiger partial charge in [0.1, 0.15) is 0 Å². The highest BCUT2D eigenvalue weighted by molar-refractivity contribution is 5.35. The van der Waals surface area contributed by atoms with E-state index in [1.807, 2.05) is 0 Å². The fourth-order valence-corrected chi connectivity index (χ4v) is 8.90. The summed E-state index contributed by atoms with van der Waals surface area (Å²) in [5, 5.41) is 3.81. The van der Waals surface area contributed by atoms with E-state index in [9.17, 15) is 0 Å². The van der Waals surface area contributed by atoms with Crippen molar-refractivity contribution in [2.75, 3.05) is 6.54 Å². The van der Waals surface area contributed by atoms with Gasteiger partial charge in [-0.1, -0.05) is 37.5 Å². The second-order valence-electron chi connectivity index (χ2n) is 12.6. The highest BCUT2D eigenvalue weighted by Gasteiger charge is 2.39. The lowest BCUT2D eigenvalue weighted by Crippen LogP contribution is -2.35. The van der Waals surface area contributed by atoms with Crippen molar-refractivity contribution >= 4 is 0 Å². The Morgan fingerprint density at radius 3 is 2.25 bits per heavy atom. The average Bonchev–Trinajstić information content (AvgIpc) is 2.88. The number of nitrogens with one attached hydrogen (secondary N) is 1. The van der Waals surface area contributed by atoms with Crippen LogP contribution in [0.15, 0.2) is 35.1 Å². The Hall–Kier alpha value is -0.980. The van der Waals surface area contributed by atoms with Gasteiger partial charge in [0.2, 0.25) is 0 Å². The van der Waals surface area contributed by atoms with Crippen LogP contribution < -0.4 is 5.32 Å². The Morgan fingerprint density at radius 1 is 0.594 bits per heavy atom. The van der Waals surface area contributed by atoms with Crippen molar-refractivity contribution in [3.63, 3.8) is 0 Å². The van der Waals surface area contributed by atoms with Crippen LogP contribution in [0.4, 0.5) is 0 Å². The van der Waals surface area contributed by atoms with Crippen molar-refractivity contribution in [1.29, 1.82) is 0 Å². The monoisotopic (exact) mass is 433 g/mol. The molecule has 0 aromatic carbocycles. The number of hydrogen-bond acceptors (Lipinski definition) is 1. The highest BCUT2D eigenvalue weighted by Crippen LogP contribution is 2.49. The van der Waals surface area contributed by atoms with Gasteiger partial charge >= 0.3 is 0 Å². The molecule has 6 aliphatic rings. The predicted molar refractivity (Wildman–Crippen MR) is 135 cm³/mol. The summed E-state index contributed by atoms with van der Waals surface area (Å²) >= 11 is 0. The zero-order valence-corrected chi connectivity index (χ0v) is 20.5. The van der Waals surface area contributed by atoms with Crippen molar-refractivity contribution in [2.45, 2.75) is 109 Å². The number of rotatable bonds is 3. The van der Waals surface area contributed by atoms with E-state index in [0.717, 1.165) is 48.0 Å². The molecule has 1 heteroatoms. The summed E-state index contributed by atoms with van der Waals surface area (Å²) in [4.78, 5) is 0. The molecule has 4 atom stereocenters. The standard InChI is InChI=1S/C31H47N/c1-2-6-22(7-3-1)26-16-14-24-15-17-27(19-29(24)18-26)23-10-12-25(13-11-23)30-20-28-8-4-5-9-31(28)32-21-30/h14,16,20,22-27,29,32H,1-13,15,17-19,21H2. The van der Waals surface area contributed by atoms with Gasteiger partial charge in [0.05, 0.1) is 0 Å². The van der Waals surface area contributed by atoms with Crippen LogP contribution in [0.1, 0.15) is 109 Å². The number of allylic oxidation sites excluding steroid dienone is 5. The molecule has 0 spiro atoms. The van der Waals surface area contributed by atoms with Gasteiger partial charge in [-0.25, -0.2) is 0 Å². The van der Waals surface area contributed by atoms with Crippen molar-refractivity contribution in [3.05, 3.63) is 35.1 Å². The molecule has 0 bridgehead atoms. The van der Waals surface area contributed by atoms with Gasteiger partial charge < -0.3 is 5.32 Å². The number of fused-ring (bicyclic) bond motifs is 1. The first-order valence-electron chi connectivity index (χ1n) is 14.7. The summed E-state index contributed by atoms with van der Waals surface area (Å²) in [6.45, 7) is 1.15. The molecule has 4 unspecified atom stereocenters. The second kappa shape index (κ2) is 9.71. The molecule has 0 saturated heterocycles. The molecule has 32 heavy (non-hydrogen) atoms. The molecule has 1 heterocycles. The molecule has 0 aromatic rings. The minimum absolute atomic E-state index is 0.874. The van der Waals surface area contributed by atoms with Gasteiger partial charge in [0.15, 0.2) is 0 Å². The molecule has 1 nitrogen and oxygen atoms in total. The molecule has 0 aromatic heterocycles. The summed E-state index contributed by atoms with van der Waals surface area (Å²) in [7, 11) is 0. The first kappa shape index (κ1) is 21.5. The van der Waals surface area contributed by atoms with Gasteiger partial charge in [-0.05, 0) is 142 Å². The third-order valence-electron chi connectivity index (χ3n) is 10.9. The largest absolute Gasteiger partial charge is 0.384 e. The molecule has 3 saturated carbocycles. The maximum Gasteiger partial charge on any atom is 0.0363 e. The number of hydrogen-bond donors (Lipinski definition) is 1. The molecule has 6 rings (SSSR count). The van der Waals surface area contributed by atoms with Crippen LogP contribution in [0.3, 0.4) is 0 Å². The maximum absolute atomic E-state index is 3.81. The van der Waals surface area contributed by atoms with Crippen LogP contribution in [-0.4, -0.2) is 6.54 Å². The van der Waals surface area contributed by atoms with Crippen molar-refractivity contribution in [3.8, 4) is 0 Å². The number of dihydropyridines is 1. The van der Waals surface area contributed by atoms with Gasteiger partial charge in [-0.3, -0.25) is 0 Å². The van der Waals surface area contributed by atoms with Crippen LogP contribution in [0, 0.1) is 41.4 Å². The lowest BCUT2D eigenvalue weighted by molar-refractivity contribution is 0.0967. The second-order valence-corrected chi connectivity index (χ2v) is 12.6. The molecular formula is C31H47N. The molecule has 5 aliphatic carbocycles. The third-order valence-corrected chi connectivity index (χ3v) is 10.9. The van der Waals surface area contributed by atoms with Crippen LogP contribution in [-0.2, 0) is 0 Å². The molecule has 0 amide bonds. The quantitative estimate of drug-likeness (QED) is 0.441. The lowest BCUT2D eigenvalue weighted by atomic mass is 9.61. The topological polar surface area (TPSA) is 12.0 Å². The Kier molecular flexibility index (Phi) is 6.54. The molecule has 3 fully saturated rings. The van der Waals surface area contributed by atoms with E-state index in [0.29, 0.717) is 0 Å². The summed E-state index contributed by atoms with van der Waals surface area (Å²) in [5.41, 5.74) is 5.00. The first-order chi connectivity index (χ1) is 15.8. The molecular weight excluding hydrogens is 386 g/mol. The summed E-state index contributed by atoms with van der Waals surface area (Å²) in [6, 6.07) is 0. The van der Waals surface area contributed by atoms with Crippen molar-refractivity contribution < 1.29 is 0 Å². The minimum Gasteiger partial charge on any atom is -0.384 e. The summed E-state index contributed by atoms with van der Waals surface area (Å²) < 4.78 is 0. The van der Waals surface area contributed by atoms with E-state index in [4.69, 9.17) is 0 Å². The smallest absolute Gasteiger partial charge is 0.0363 e. The molecule has 1 N–H and O–H groups in total. The van der Waals surface area contributed by atoms with E-state index in [1.54, 1.807) is 23.3 Å². The van der Waals surface area contributed by atoms with Gasteiger partial charge in [-0.2, -0.15) is 0 Å². The van der Waals surface area contributed by atoms with Crippen LogP contribution in [0.25, 0.3) is 0 Å². The zero-order chi connectivity index (χ0) is 21.3. The van der Waals surface area contributed by atoms with E-state index >= 15 is 0 Å². The van der Waals surface area contributed by atoms with E-state index in [-0.39, 0.29) is 0 Å². The van der Waals surface area contributed by atoms with Gasteiger partial charge in [0, 0.05) is 12.2 Å². The third kappa shape index (κ3) is 4.52. The normalized spacial score (nSPS) is 40.8. The zero-order valence-electron chi connectivity index (χ0n) is 20.5. The minimum atomic E-state index is 0.874. The Morgan fingerprint density at radius 2 is 1.38 bits per heavy atom. The van der Waals surface area contributed by atoms with Crippen LogP contribution >= 0.6 is 0 Å². The summed E-state index contributed by atoms with van der Waals surface area (Å²) in [5.74, 6) is 6.85. The molecule has 176 valence electrons. The Balaban J connectivity index is 1.03. The van der Waals surface area contributed by atoms with Gasteiger partial charge in [-0.15, -0.1) is 0 Å². The van der Waals surface area contributed by atoms with Crippen LogP contribution in [0.5, 0.6) is 0 Å². The predicted octanol–water partition coefficient (Wildman–Crippen LogP) is 8.34. The van der Waals surface area contributed by atoms with Gasteiger partial charge in [0.25, 0.3) is 0 Å². The first-order valence-corrected chi connectivity index (χ1v) is 14.7. The van der Waals surface area contributed by atoms with E-state index in [1.165, 1.54) is 103 Å². The Labute approximate surface area is 197 Å². The molecule has 0 radical (unpaired) electrons. The van der Waals surface area contributed by atoms with Crippen LogP contribution in [0.2, 0.25) is 0 Å². The maximum atomic E-state index is 3.81. The fraction of sp³-hybridized carbons (Fsp3) is 0.806. The van der Waals surface area contributed by atoms with Crippen molar-refractivity contribution in [1.82, 2.24) is 5.32 Å². The van der Waals surface area contributed by atoms with Crippen molar-refractivity contribution in [2.24, 2.45) is 41.4 Å². The molecule has 1 aliphatic heterocycles.